The predicted octanol–water partition coefficient (Wildman–Crippen LogP) is 5.43. The van der Waals surface area contributed by atoms with Crippen LogP contribution in [0.5, 0.6) is 0 Å². The average molecular weight is 402 g/mol. The summed E-state index contributed by atoms with van der Waals surface area (Å²) >= 11 is 4.10. The van der Waals surface area contributed by atoms with Crippen molar-refractivity contribution >= 4 is 34.8 Å². The topological polar surface area (TPSA) is 44.6 Å². The quantitative estimate of drug-likeness (QED) is 0.381. The highest BCUT2D eigenvalue weighted by molar-refractivity contribution is 7.91. The van der Waals surface area contributed by atoms with E-state index in [1.807, 2.05) is 32.9 Å². The Bertz CT molecular complexity index is 854. The third-order valence-electron chi connectivity index (χ3n) is 4.28. The molecular weight excluding hydrogens is 374 g/mol. The van der Waals surface area contributed by atoms with Crippen LogP contribution in [0.3, 0.4) is 0 Å². The molecule has 2 rings (SSSR count). The summed E-state index contributed by atoms with van der Waals surface area (Å²) in [6.07, 6.45) is 2.64. The largest absolute Gasteiger partial charge is 0.591 e. The minimum absolute atomic E-state index is 0.398. The lowest BCUT2D eigenvalue weighted by molar-refractivity contribution is 0.416. The second-order valence-electron chi connectivity index (χ2n) is 7.36. The van der Waals surface area contributed by atoms with E-state index < -0.39 is 16.1 Å². The smallest absolute Gasteiger partial charge is 0.191 e. The van der Waals surface area contributed by atoms with E-state index in [-0.39, 0.29) is 0 Å². The highest BCUT2D eigenvalue weighted by Crippen LogP contribution is 2.32. The standard InChI is InChI=1S/C22H27NO2S2/c1-7-16-11-12-18(17(13-16)14-23-27(24)22(3,4)5)20-15(2)9-8-10-19(20)21(26)25-6/h8-14H,7H2,1-6H3. The Morgan fingerprint density at radius 2 is 1.96 bits per heavy atom. The van der Waals surface area contributed by atoms with Gasteiger partial charge in [0.2, 0.25) is 0 Å². The van der Waals surface area contributed by atoms with Crippen LogP contribution in [0.4, 0.5) is 0 Å². The van der Waals surface area contributed by atoms with Gasteiger partial charge >= 0.3 is 0 Å². The molecular formula is C22H27NO2S2. The molecule has 0 aliphatic rings. The number of hydrogen-bond acceptors (Lipinski definition) is 4. The van der Waals surface area contributed by atoms with Crippen molar-refractivity contribution in [2.45, 2.75) is 45.8 Å². The maximum atomic E-state index is 12.4. The summed E-state index contributed by atoms with van der Waals surface area (Å²) in [6, 6.07) is 12.3. The Labute approximate surface area is 171 Å². The second kappa shape index (κ2) is 9.00. The molecule has 0 fully saturated rings. The van der Waals surface area contributed by atoms with Crippen molar-refractivity contribution in [1.82, 2.24) is 0 Å². The SMILES string of the molecule is CCc1ccc(-c2c(C)cccc2C(=S)OC)c(C=N[S+]([O-])C(C)(C)C)c1. The number of hydrogen-bond donors (Lipinski definition) is 0. The Hall–Kier alpha value is -1.69. The van der Waals surface area contributed by atoms with Gasteiger partial charge in [-0.05, 0) is 80.7 Å². The fourth-order valence-corrected chi connectivity index (χ4v) is 3.43. The summed E-state index contributed by atoms with van der Waals surface area (Å²) in [7, 11) is 1.59. The van der Waals surface area contributed by atoms with E-state index in [9.17, 15) is 4.55 Å². The van der Waals surface area contributed by atoms with Crippen molar-refractivity contribution in [3.63, 3.8) is 0 Å². The van der Waals surface area contributed by atoms with Gasteiger partial charge in [0.15, 0.2) is 5.05 Å². The third-order valence-corrected chi connectivity index (χ3v) is 6.01. The van der Waals surface area contributed by atoms with Gasteiger partial charge in [0.05, 0.1) is 13.3 Å². The maximum absolute atomic E-state index is 12.4. The van der Waals surface area contributed by atoms with Crippen LogP contribution in [-0.4, -0.2) is 27.7 Å². The third kappa shape index (κ3) is 5.18. The van der Waals surface area contributed by atoms with E-state index in [2.05, 4.69) is 42.5 Å². The fraction of sp³-hybridized carbons (Fsp3) is 0.364. The molecule has 1 atom stereocenters. The molecule has 0 bridgehead atoms. The minimum atomic E-state index is -1.31. The van der Waals surface area contributed by atoms with Gasteiger partial charge in [-0.2, -0.15) is 0 Å². The summed E-state index contributed by atoms with van der Waals surface area (Å²) < 4.78 is 21.7. The van der Waals surface area contributed by atoms with Crippen LogP contribution in [0.1, 0.15) is 49.9 Å². The van der Waals surface area contributed by atoms with Gasteiger partial charge in [-0.1, -0.05) is 35.6 Å². The summed E-state index contributed by atoms with van der Waals surface area (Å²) in [5.74, 6) is 0. The number of thiocarbonyl (C=S) groups is 1. The first-order valence-corrected chi connectivity index (χ1v) is 10.5. The monoisotopic (exact) mass is 401 g/mol. The Morgan fingerprint density at radius 1 is 1.26 bits per heavy atom. The average Bonchev–Trinajstić information content (AvgIpc) is 2.64. The van der Waals surface area contributed by atoms with Crippen LogP contribution in [0, 0.1) is 6.92 Å². The molecule has 0 saturated heterocycles. The molecule has 0 saturated carbocycles. The Balaban J connectivity index is 2.66. The Morgan fingerprint density at radius 3 is 2.56 bits per heavy atom. The van der Waals surface area contributed by atoms with Crippen LogP contribution in [0.25, 0.3) is 11.1 Å². The zero-order chi connectivity index (χ0) is 20.2. The first kappa shape index (κ1) is 21.6. The number of methoxy groups -OCH3 is 1. The van der Waals surface area contributed by atoms with Crippen LogP contribution in [0.2, 0.25) is 0 Å². The lowest BCUT2D eigenvalue weighted by atomic mass is 9.91. The van der Waals surface area contributed by atoms with Gasteiger partial charge in [0.1, 0.15) is 16.1 Å². The van der Waals surface area contributed by atoms with Gasteiger partial charge < -0.3 is 9.29 Å². The molecule has 2 aromatic rings. The molecule has 0 spiro atoms. The van der Waals surface area contributed by atoms with Crippen molar-refractivity contribution in [2.75, 3.05) is 7.11 Å². The minimum Gasteiger partial charge on any atom is -0.591 e. The predicted molar refractivity (Wildman–Crippen MR) is 120 cm³/mol. The highest BCUT2D eigenvalue weighted by atomic mass is 32.2. The van der Waals surface area contributed by atoms with E-state index in [1.54, 1.807) is 13.3 Å². The molecule has 5 heteroatoms. The first-order valence-electron chi connectivity index (χ1n) is 8.96. The summed E-state index contributed by atoms with van der Waals surface area (Å²) in [5.41, 5.74) is 6.14. The van der Waals surface area contributed by atoms with Crippen LogP contribution >= 0.6 is 12.2 Å². The Kier molecular flexibility index (Phi) is 7.20. The van der Waals surface area contributed by atoms with Crippen LogP contribution < -0.4 is 0 Å². The van der Waals surface area contributed by atoms with Gasteiger partial charge in [-0.3, -0.25) is 0 Å². The van der Waals surface area contributed by atoms with Crippen LogP contribution in [-0.2, 0) is 22.5 Å². The van der Waals surface area contributed by atoms with E-state index in [0.29, 0.717) is 5.05 Å². The molecule has 1 unspecified atom stereocenters. The lowest BCUT2D eigenvalue weighted by Gasteiger charge is -2.19. The van der Waals surface area contributed by atoms with E-state index in [1.165, 1.54) is 5.56 Å². The van der Waals surface area contributed by atoms with Crippen LogP contribution in [0.15, 0.2) is 40.8 Å². The normalized spacial score (nSPS) is 13.0. The molecule has 144 valence electrons. The maximum Gasteiger partial charge on any atom is 0.191 e. The van der Waals surface area contributed by atoms with Crippen molar-refractivity contribution in [3.05, 3.63) is 58.7 Å². The molecule has 0 aliphatic heterocycles. The van der Waals surface area contributed by atoms with Crippen molar-refractivity contribution in [2.24, 2.45) is 4.40 Å². The summed E-state index contributed by atoms with van der Waals surface area (Å²) in [4.78, 5) is 0. The fourth-order valence-electron chi connectivity index (χ4n) is 2.73. The van der Waals surface area contributed by atoms with Crippen molar-refractivity contribution in [1.29, 1.82) is 0 Å². The van der Waals surface area contributed by atoms with Gasteiger partial charge in [0, 0.05) is 11.1 Å². The van der Waals surface area contributed by atoms with E-state index >= 15 is 0 Å². The van der Waals surface area contributed by atoms with E-state index in [4.69, 9.17) is 17.0 Å². The molecule has 0 N–H and O–H groups in total. The molecule has 0 amide bonds. The number of ether oxygens (including phenoxy) is 1. The summed E-state index contributed by atoms with van der Waals surface area (Å²) in [6.45, 7) is 9.92. The molecule has 3 nitrogen and oxygen atoms in total. The molecule has 2 aromatic carbocycles. The first-order chi connectivity index (χ1) is 12.7. The lowest BCUT2D eigenvalue weighted by Crippen LogP contribution is -2.25. The van der Waals surface area contributed by atoms with Gasteiger partial charge in [-0.25, -0.2) is 0 Å². The molecule has 0 aromatic heterocycles. The molecule has 0 heterocycles. The zero-order valence-electron chi connectivity index (χ0n) is 16.8. The number of nitrogens with zero attached hydrogens (tertiary/aromatic N) is 1. The molecule has 27 heavy (non-hydrogen) atoms. The number of aryl methyl sites for hydroxylation is 2. The van der Waals surface area contributed by atoms with Crippen molar-refractivity contribution in [3.8, 4) is 11.1 Å². The highest BCUT2D eigenvalue weighted by Gasteiger charge is 2.26. The molecule has 0 radical (unpaired) electrons. The van der Waals surface area contributed by atoms with Gasteiger partial charge in [0.25, 0.3) is 0 Å². The zero-order valence-corrected chi connectivity index (χ0v) is 18.5. The number of benzene rings is 2. The van der Waals surface area contributed by atoms with E-state index in [0.717, 1.165) is 34.2 Å². The van der Waals surface area contributed by atoms with Gasteiger partial charge in [-0.15, -0.1) is 0 Å². The second-order valence-corrected chi connectivity index (χ2v) is 9.66. The molecule has 0 aliphatic carbocycles. The van der Waals surface area contributed by atoms with Crippen molar-refractivity contribution < 1.29 is 9.29 Å². The summed E-state index contributed by atoms with van der Waals surface area (Å²) in [5, 5.41) is 0.453. The number of rotatable bonds is 5.